The molecule has 0 spiro atoms. The van der Waals surface area contributed by atoms with Crippen molar-refractivity contribution in [1.82, 2.24) is 24.5 Å². The minimum atomic E-state index is -0.261. The van der Waals surface area contributed by atoms with Gasteiger partial charge < -0.3 is 14.0 Å². The molecule has 2 rings (SSSR count). The number of hydrogen-bond acceptors (Lipinski definition) is 7. The van der Waals surface area contributed by atoms with Crippen molar-refractivity contribution in [2.45, 2.75) is 45.9 Å². The summed E-state index contributed by atoms with van der Waals surface area (Å²) in [5.74, 6) is 1.18. The molecular formula is C15H23N5O3S. The normalized spacial score (nSPS) is 10.8. The molecule has 0 amide bonds. The van der Waals surface area contributed by atoms with Crippen molar-refractivity contribution < 1.29 is 14.3 Å². The van der Waals surface area contributed by atoms with Crippen LogP contribution < -0.4 is 4.74 Å². The monoisotopic (exact) mass is 353 g/mol. The van der Waals surface area contributed by atoms with Crippen molar-refractivity contribution >= 4 is 17.7 Å². The van der Waals surface area contributed by atoms with Crippen LogP contribution in [0.15, 0.2) is 11.4 Å². The average Bonchev–Trinajstić information content (AvgIpc) is 3.16. The summed E-state index contributed by atoms with van der Waals surface area (Å²) in [4.78, 5) is 11.5. The Labute approximate surface area is 145 Å². The predicted octanol–water partition coefficient (Wildman–Crippen LogP) is 2.24. The van der Waals surface area contributed by atoms with Crippen LogP contribution in [0.4, 0.5) is 0 Å². The zero-order valence-electron chi connectivity index (χ0n) is 14.5. The number of hydrogen-bond donors (Lipinski definition) is 0. The van der Waals surface area contributed by atoms with Crippen LogP contribution in [0.1, 0.15) is 27.7 Å². The molecule has 0 saturated heterocycles. The van der Waals surface area contributed by atoms with E-state index in [4.69, 9.17) is 9.47 Å². The summed E-state index contributed by atoms with van der Waals surface area (Å²) in [5, 5.41) is 13.6. The summed E-state index contributed by atoms with van der Waals surface area (Å²) in [7, 11) is 0. The number of esters is 1. The molecule has 0 atom stereocenters. The summed E-state index contributed by atoms with van der Waals surface area (Å²) in [5.41, 5.74) is 0.802. The lowest BCUT2D eigenvalue weighted by Gasteiger charge is -2.07. The van der Waals surface area contributed by atoms with Gasteiger partial charge in [-0.2, -0.15) is 0 Å². The zero-order valence-corrected chi connectivity index (χ0v) is 15.3. The Morgan fingerprint density at radius 1 is 1.17 bits per heavy atom. The molecule has 0 aliphatic heterocycles. The molecule has 0 bridgehead atoms. The van der Waals surface area contributed by atoms with Gasteiger partial charge in [-0.25, -0.2) is 0 Å². The van der Waals surface area contributed by atoms with Crippen LogP contribution in [-0.4, -0.2) is 49.5 Å². The SMILES string of the molecule is CCOC(=O)CSc1nnc(-c2cn(CC)nc2OCC)n1CC. The van der Waals surface area contributed by atoms with Gasteiger partial charge in [0.05, 0.1) is 19.0 Å². The molecule has 0 aliphatic carbocycles. The van der Waals surface area contributed by atoms with E-state index >= 15 is 0 Å². The van der Waals surface area contributed by atoms with E-state index < -0.39 is 0 Å². The standard InChI is InChI=1S/C15H23N5O3S/c1-5-19-9-11(14(18-19)23-8-4)13-16-17-15(20(13)6-2)24-10-12(21)22-7-3/h9H,5-8,10H2,1-4H3. The van der Waals surface area contributed by atoms with Gasteiger partial charge in [-0.1, -0.05) is 11.8 Å². The largest absolute Gasteiger partial charge is 0.476 e. The summed E-state index contributed by atoms with van der Waals surface area (Å²) in [6.45, 7) is 10.0. The molecule has 0 fully saturated rings. The first-order valence-corrected chi connectivity index (χ1v) is 9.05. The first kappa shape index (κ1) is 18.3. The van der Waals surface area contributed by atoms with E-state index in [0.29, 0.717) is 36.6 Å². The molecule has 0 saturated carbocycles. The molecule has 2 heterocycles. The lowest BCUT2D eigenvalue weighted by atomic mass is 10.3. The van der Waals surface area contributed by atoms with E-state index in [1.165, 1.54) is 11.8 Å². The number of thioether (sulfide) groups is 1. The van der Waals surface area contributed by atoms with Gasteiger partial charge in [0.25, 0.3) is 0 Å². The third-order valence-corrected chi connectivity index (χ3v) is 4.17. The third-order valence-electron chi connectivity index (χ3n) is 3.23. The molecule has 0 unspecified atom stereocenters. The minimum absolute atomic E-state index is 0.207. The van der Waals surface area contributed by atoms with Gasteiger partial charge in [0.1, 0.15) is 5.56 Å². The highest BCUT2D eigenvalue weighted by Gasteiger charge is 2.20. The molecule has 8 nitrogen and oxygen atoms in total. The number of carbonyl (C=O) groups is 1. The molecule has 24 heavy (non-hydrogen) atoms. The van der Waals surface area contributed by atoms with Crippen LogP contribution in [0.25, 0.3) is 11.4 Å². The fraction of sp³-hybridized carbons (Fsp3) is 0.600. The second-order valence-corrected chi connectivity index (χ2v) is 5.72. The Morgan fingerprint density at radius 3 is 2.58 bits per heavy atom. The Morgan fingerprint density at radius 2 is 1.96 bits per heavy atom. The average molecular weight is 353 g/mol. The number of rotatable bonds is 9. The molecule has 0 aromatic carbocycles. The maximum Gasteiger partial charge on any atom is 0.316 e. The molecule has 2 aromatic heterocycles. The van der Waals surface area contributed by atoms with Crippen molar-refractivity contribution in [2.75, 3.05) is 19.0 Å². The van der Waals surface area contributed by atoms with Crippen LogP contribution >= 0.6 is 11.8 Å². The Hall–Kier alpha value is -2.03. The molecule has 0 N–H and O–H groups in total. The number of aromatic nitrogens is 5. The van der Waals surface area contributed by atoms with E-state index in [1.807, 2.05) is 31.5 Å². The summed E-state index contributed by atoms with van der Waals surface area (Å²) < 4.78 is 14.3. The smallest absolute Gasteiger partial charge is 0.316 e. The van der Waals surface area contributed by atoms with Gasteiger partial charge in [-0.15, -0.1) is 15.3 Å². The summed E-state index contributed by atoms with van der Waals surface area (Å²) >= 11 is 1.31. The number of ether oxygens (including phenoxy) is 2. The van der Waals surface area contributed by atoms with Crippen molar-refractivity contribution in [3.8, 4) is 17.3 Å². The third kappa shape index (κ3) is 4.08. The number of nitrogens with zero attached hydrogens (tertiary/aromatic N) is 5. The summed E-state index contributed by atoms with van der Waals surface area (Å²) in [6, 6.07) is 0. The van der Waals surface area contributed by atoms with E-state index in [2.05, 4.69) is 15.3 Å². The van der Waals surface area contributed by atoms with E-state index in [9.17, 15) is 4.79 Å². The first-order valence-electron chi connectivity index (χ1n) is 8.06. The van der Waals surface area contributed by atoms with Crippen molar-refractivity contribution in [3.05, 3.63) is 6.20 Å². The van der Waals surface area contributed by atoms with Gasteiger partial charge in [0, 0.05) is 19.3 Å². The fourth-order valence-corrected chi connectivity index (χ4v) is 2.97. The Balaban J connectivity index is 2.28. The highest BCUT2D eigenvalue weighted by molar-refractivity contribution is 7.99. The predicted molar refractivity (Wildman–Crippen MR) is 91.1 cm³/mol. The van der Waals surface area contributed by atoms with Gasteiger partial charge in [-0.05, 0) is 27.7 Å². The molecule has 0 aliphatic rings. The van der Waals surface area contributed by atoms with Crippen LogP contribution in [-0.2, 0) is 22.6 Å². The van der Waals surface area contributed by atoms with Crippen molar-refractivity contribution in [3.63, 3.8) is 0 Å². The second-order valence-electron chi connectivity index (χ2n) is 4.78. The quantitative estimate of drug-likeness (QED) is 0.505. The highest BCUT2D eigenvalue weighted by Crippen LogP contribution is 2.30. The highest BCUT2D eigenvalue weighted by atomic mass is 32.2. The molecule has 9 heteroatoms. The fourth-order valence-electron chi connectivity index (χ4n) is 2.17. The van der Waals surface area contributed by atoms with E-state index in [1.54, 1.807) is 11.6 Å². The van der Waals surface area contributed by atoms with Crippen molar-refractivity contribution in [1.29, 1.82) is 0 Å². The number of carbonyl (C=O) groups excluding carboxylic acids is 1. The lowest BCUT2D eigenvalue weighted by Crippen LogP contribution is -2.08. The maximum absolute atomic E-state index is 11.5. The molecule has 0 radical (unpaired) electrons. The Kier molecular flexibility index (Phi) is 6.65. The topological polar surface area (TPSA) is 84.1 Å². The molecular weight excluding hydrogens is 330 g/mol. The van der Waals surface area contributed by atoms with Gasteiger partial charge >= 0.3 is 5.97 Å². The number of aryl methyl sites for hydroxylation is 1. The van der Waals surface area contributed by atoms with E-state index in [-0.39, 0.29) is 11.7 Å². The molecule has 2 aromatic rings. The van der Waals surface area contributed by atoms with Gasteiger partial charge in [-0.3, -0.25) is 9.48 Å². The lowest BCUT2D eigenvalue weighted by molar-refractivity contribution is -0.139. The Bertz CT molecular complexity index is 683. The van der Waals surface area contributed by atoms with Crippen molar-refractivity contribution in [2.24, 2.45) is 0 Å². The molecule has 132 valence electrons. The van der Waals surface area contributed by atoms with Crippen LogP contribution in [0.3, 0.4) is 0 Å². The minimum Gasteiger partial charge on any atom is -0.476 e. The maximum atomic E-state index is 11.5. The van der Waals surface area contributed by atoms with Crippen LogP contribution in [0.2, 0.25) is 0 Å². The first-order chi connectivity index (χ1) is 11.6. The van der Waals surface area contributed by atoms with Crippen LogP contribution in [0, 0.1) is 0 Å². The van der Waals surface area contributed by atoms with Crippen LogP contribution in [0.5, 0.6) is 5.88 Å². The zero-order chi connectivity index (χ0) is 17.5. The van der Waals surface area contributed by atoms with Gasteiger partial charge in [0.2, 0.25) is 5.88 Å². The van der Waals surface area contributed by atoms with Gasteiger partial charge in [0.15, 0.2) is 11.0 Å². The second kappa shape index (κ2) is 8.72. The summed E-state index contributed by atoms with van der Waals surface area (Å²) in [6.07, 6.45) is 1.90. The van der Waals surface area contributed by atoms with E-state index in [0.717, 1.165) is 12.1 Å².